The van der Waals surface area contributed by atoms with E-state index in [1.54, 1.807) is 0 Å². The van der Waals surface area contributed by atoms with E-state index < -0.39 is 0 Å². The molecule has 1 heterocycles. The van der Waals surface area contributed by atoms with E-state index in [1.165, 1.54) is 25.9 Å². The molecule has 0 unspecified atom stereocenters. The van der Waals surface area contributed by atoms with Crippen LogP contribution < -0.4 is 5.73 Å². The number of likely N-dealkylation sites (tertiary alicyclic amines) is 1. The monoisotopic (exact) mass is 156 g/mol. The van der Waals surface area contributed by atoms with Crippen LogP contribution in [0.2, 0.25) is 0 Å². The topological polar surface area (TPSA) is 29.3 Å². The molecule has 0 aromatic heterocycles. The molecule has 2 heteroatoms. The molecule has 2 atom stereocenters. The Hall–Kier alpha value is -0.0800. The van der Waals surface area contributed by atoms with Gasteiger partial charge in [-0.15, -0.1) is 0 Å². The normalized spacial score (nSPS) is 30.3. The lowest BCUT2D eigenvalue weighted by Gasteiger charge is -2.34. The van der Waals surface area contributed by atoms with Gasteiger partial charge in [0.2, 0.25) is 0 Å². The molecule has 0 saturated carbocycles. The lowest BCUT2D eigenvalue weighted by Crippen LogP contribution is -2.44. The Morgan fingerprint density at radius 3 is 2.91 bits per heavy atom. The quantitative estimate of drug-likeness (QED) is 0.648. The Kier molecular flexibility index (Phi) is 3.34. The fourth-order valence-corrected chi connectivity index (χ4v) is 1.78. The molecule has 1 aliphatic rings. The molecule has 0 aliphatic carbocycles. The van der Waals surface area contributed by atoms with Crippen LogP contribution >= 0.6 is 0 Å². The summed E-state index contributed by atoms with van der Waals surface area (Å²) in [4.78, 5) is 2.51. The van der Waals surface area contributed by atoms with Gasteiger partial charge in [0.05, 0.1) is 0 Å². The predicted octanol–water partition coefficient (Wildman–Crippen LogP) is 1.07. The first-order valence-corrected chi connectivity index (χ1v) is 4.68. The molecule has 2 N–H and O–H groups in total. The number of nitrogens with two attached hydrogens (primary N) is 1. The highest BCUT2D eigenvalue weighted by Crippen LogP contribution is 2.16. The lowest BCUT2D eigenvalue weighted by atomic mass is 9.99. The van der Waals surface area contributed by atoms with Crippen molar-refractivity contribution in [1.29, 1.82) is 0 Å². The van der Waals surface area contributed by atoms with Crippen LogP contribution in [-0.2, 0) is 0 Å². The van der Waals surface area contributed by atoms with Crippen molar-refractivity contribution in [3.05, 3.63) is 0 Å². The van der Waals surface area contributed by atoms with E-state index in [-0.39, 0.29) is 0 Å². The number of nitrogens with zero attached hydrogens (tertiary/aromatic N) is 1. The van der Waals surface area contributed by atoms with Gasteiger partial charge in [-0.2, -0.15) is 0 Å². The molecule has 1 saturated heterocycles. The Balaban J connectivity index is 2.33. The van der Waals surface area contributed by atoms with Crippen molar-refractivity contribution in [1.82, 2.24) is 4.90 Å². The van der Waals surface area contributed by atoms with Crippen LogP contribution in [0.15, 0.2) is 0 Å². The first-order valence-electron chi connectivity index (χ1n) is 4.68. The maximum atomic E-state index is 5.61. The molecule has 0 aromatic carbocycles. The van der Waals surface area contributed by atoms with Crippen LogP contribution in [0.3, 0.4) is 0 Å². The van der Waals surface area contributed by atoms with E-state index in [2.05, 4.69) is 18.7 Å². The van der Waals surface area contributed by atoms with Crippen LogP contribution in [0.25, 0.3) is 0 Å². The van der Waals surface area contributed by atoms with Crippen LogP contribution in [0.5, 0.6) is 0 Å². The Labute approximate surface area is 69.8 Å². The van der Waals surface area contributed by atoms with E-state index >= 15 is 0 Å². The van der Waals surface area contributed by atoms with E-state index in [4.69, 9.17) is 5.73 Å². The molecule has 1 fully saturated rings. The molecule has 0 radical (unpaired) electrons. The van der Waals surface area contributed by atoms with Crippen molar-refractivity contribution in [2.24, 2.45) is 11.7 Å². The average molecular weight is 156 g/mol. The number of rotatable bonds is 2. The number of piperidine rings is 1. The van der Waals surface area contributed by atoms with E-state index in [0.717, 1.165) is 12.5 Å². The largest absolute Gasteiger partial charge is 0.329 e. The van der Waals surface area contributed by atoms with E-state index in [9.17, 15) is 0 Å². The highest BCUT2D eigenvalue weighted by Gasteiger charge is 2.19. The zero-order valence-corrected chi connectivity index (χ0v) is 7.71. The third-order valence-corrected chi connectivity index (χ3v) is 2.65. The first-order chi connectivity index (χ1) is 5.24. The minimum Gasteiger partial charge on any atom is -0.329 e. The van der Waals surface area contributed by atoms with Gasteiger partial charge in [0.1, 0.15) is 0 Å². The van der Waals surface area contributed by atoms with Gasteiger partial charge in [-0.1, -0.05) is 6.92 Å². The summed E-state index contributed by atoms with van der Waals surface area (Å²) in [6, 6.07) is 0.581. The Morgan fingerprint density at radius 1 is 1.64 bits per heavy atom. The smallest absolute Gasteiger partial charge is 0.0190 e. The standard InChI is InChI=1S/C9H20N2/c1-8-4-3-5-11(7-8)9(2)6-10/h8-9H,3-7,10H2,1-2H3/t8-,9-/m1/s1. The minimum atomic E-state index is 0.581. The van der Waals surface area contributed by atoms with Gasteiger partial charge in [-0.05, 0) is 32.2 Å². The number of hydrogen-bond acceptors (Lipinski definition) is 2. The summed E-state index contributed by atoms with van der Waals surface area (Å²) in [7, 11) is 0. The lowest BCUT2D eigenvalue weighted by molar-refractivity contribution is 0.142. The van der Waals surface area contributed by atoms with E-state index in [1.807, 2.05) is 0 Å². The second kappa shape index (κ2) is 4.07. The molecule has 0 aromatic rings. The van der Waals surface area contributed by atoms with Crippen LogP contribution in [0.4, 0.5) is 0 Å². The van der Waals surface area contributed by atoms with Gasteiger partial charge < -0.3 is 5.73 Å². The maximum Gasteiger partial charge on any atom is 0.0190 e. The summed E-state index contributed by atoms with van der Waals surface area (Å²) in [6.07, 6.45) is 2.75. The molecule has 1 rings (SSSR count). The SMILES string of the molecule is C[C@@H]1CCCN([C@H](C)CN)C1. The molecule has 1 aliphatic heterocycles. The highest BCUT2D eigenvalue weighted by atomic mass is 15.2. The molecule has 11 heavy (non-hydrogen) atoms. The fourth-order valence-electron chi connectivity index (χ4n) is 1.78. The first kappa shape index (κ1) is 9.01. The predicted molar refractivity (Wildman–Crippen MR) is 48.5 cm³/mol. The van der Waals surface area contributed by atoms with Gasteiger partial charge in [0.15, 0.2) is 0 Å². The maximum absolute atomic E-state index is 5.61. The van der Waals surface area contributed by atoms with Gasteiger partial charge in [-0.3, -0.25) is 4.90 Å². The average Bonchev–Trinajstić information content (AvgIpc) is 2.03. The van der Waals surface area contributed by atoms with E-state index in [0.29, 0.717) is 6.04 Å². The zero-order chi connectivity index (χ0) is 8.27. The van der Waals surface area contributed by atoms with Gasteiger partial charge in [-0.25, -0.2) is 0 Å². The molecule has 0 bridgehead atoms. The fraction of sp³-hybridized carbons (Fsp3) is 1.00. The third kappa shape index (κ3) is 2.46. The van der Waals surface area contributed by atoms with Gasteiger partial charge >= 0.3 is 0 Å². The number of hydrogen-bond donors (Lipinski definition) is 1. The van der Waals surface area contributed by atoms with Crippen molar-refractivity contribution in [3.63, 3.8) is 0 Å². The third-order valence-electron chi connectivity index (χ3n) is 2.65. The molecular weight excluding hydrogens is 136 g/mol. The van der Waals surface area contributed by atoms with Crippen LogP contribution in [0.1, 0.15) is 26.7 Å². The summed E-state index contributed by atoms with van der Waals surface area (Å²) < 4.78 is 0. The summed E-state index contributed by atoms with van der Waals surface area (Å²) in [5.41, 5.74) is 5.61. The van der Waals surface area contributed by atoms with Crippen LogP contribution in [-0.4, -0.2) is 30.6 Å². The molecule has 0 spiro atoms. The van der Waals surface area contributed by atoms with Gasteiger partial charge in [0, 0.05) is 19.1 Å². The molecule has 2 nitrogen and oxygen atoms in total. The second-order valence-electron chi connectivity index (χ2n) is 3.83. The molecular formula is C9H20N2. The summed E-state index contributed by atoms with van der Waals surface area (Å²) in [5, 5.41) is 0. The summed E-state index contributed by atoms with van der Waals surface area (Å²) in [5.74, 6) is 0.873. The molecule has 66 valence electrons. The summed E-state index contributed by atoms with van der Waals surface area (Å²) >= 11 is 0. The molecule has 0 amide bonds. The zero-order valence-electron chi connectivity index (χ0n) is 7.71. The van der Waals surface area contributed by atoms with Crippen molar-refractivity contribution >= 4 is 0 Å². The van der Waals surface area contributed by atoms with Gasteiger partial charge in [0.25, 0.3) is 0 Å². The minimum absolute atomic E-state index is 0.581. The van der Waals surface area contributed by atoms with Crippen molar-refractivity contribution < 1.29 is 0 Å². The second-order valence-corrected chi connectivity index (χ2v) is 3.83. The Bertz CT molecular complexity index is 114. The van der Waals surface area contributed by atoms with Crippen molar-refractivity contribution in [2.75, 3.05) is 19.6 Å². The van der Waals surface area contributed by atoms with Crippen molar-refractivity contribution in [3.8, 4) is 0 Å². The van der Waals surface area contributed by atoms with Crippen LogP contribution in [0, 0.1) is 5.92 Å². The van der Waals surface area contributed by atoms with Crippen molar-refractivity contribution in [2.45, 2.75) is 32.7 Å². The highest BCUT2D eigenvalue weighted by molar-refractivity contribution is 4.74. The summed E-state index contributed by atoms with van der Waals surface area (Å²) in [6.45, 7) is 7.85. The Morgan fingerprint density at radius 2 is 2.36 bits per heavy atom.